The maximum atomic E-state index is 3.90. The third-order valence-corrected chi connectivity index (χ3v) is 8.58. The van der Waals surface area contributed by atoms with E-state index in [1.165, 1.54) is 73.7 Å². The molecule has 0 aromatic heterocycles. The second-order valence-electron chi connectivity index (χ2n) is 10.2. The summed E-state index contributed by atoms with van der Waals surface area (Å²) in [6, 6.07) is 30.9. The zero-order valence-corrected chi connectivity index (χ0v) is 27.0. The van der Waals surface area contributed by atoms with Crippen molar-refractivity contribution in [3.8, 4) is 33.4 Å². The van der Waals surface area contributed by atoms with Crippen molar-refractivity contribution in [2.75, 3.05) is 0 Å². The topological polar surface area (TPSA) is 0 Å². The van der Waals surface area contributed by atoms with E-state index in [1.807, 2.05) is 0 Å². The summed E-state index contributed by atoms with van der Waals surface area (Å²) < 4.78 is 0. The summed E-state index contributed by atoms with van der Waals surface area (Å²) in [5.41, 5.74) is 14.2. The summed E-state index contributed by atoms with van der Waals surface area (Å²) in [7, 11) is -0.636. The van der Waals surface area contributed by atoms with Crippen LogP contribution in [-0.4, -0.2) is 8.80 Å². The smallest absolute Gasteiger partial charge is 0.343 e. The van der Waals surface area contributed by atoms with Crippen LogP contribution in [0.4, 0.5) is 0 Å². The van der Waals surface area contributed by atoms with Gasteiger partial charge in [-0.15, -0.1) is 11.1 Å². The summed E-state index contributed by atoms with van der Waals surface area (Å²) in [6.07, 6.45) is 6.61. The van der Waals surface area contributed by atoms with Crippen molar-refractivity contribution in [1.29, 1.82) is 0 Å². The molecule has 0 saturated heterocycles. The van der Waals surface area contributed by atoms with Gasteiger partial charge in [0.25, 0.3) is 0 Å². The predicted octanol–water partition coefficient (Wildman–Crippen LogP) is 9.50. The Morgan fingerprint density at radius 3 is 1.68 bits per heavy atom. The summed E-state index contributed by atoms with van der Waals surface area (Å²) in [4.78, 5) is 0. The fourth-order valence-electron chi connectivity index (χ4n) is 5.11. The van der Waals surface area contributed by atoms with Crippen molar-refractivity contribution >= 4 is 14.0 Å². The van der Waals surface area contributed by atoms with Crippen molar-refractivity contribution in [3.63, 3.8) is 0 Å². The molecule has 0 heterocycles. The Kier molecular flexibility index (Phi) is 11.6. The molecule has 38 heavy (non-hydrogen) atoms. The Hall–Kier alpha value is -2.02. The normalized spacial score (nSPS) is 11.7. The van der Waals surface area contributed by atoms with Gasteiger partial charge in [-0.25, -0.2) is 0 Å². The average molecular weight is 592 g/mol. The molecule has 6 rings (SSSR count). The van der Waals surface area contributed by atoms with Gasteiger partial charge in [-0.3, -0.25) is 0 Å². The van der Waals surface area contributed by atoms with E-state index < -0.39 is 8.80 Å². The molecule has 192 valence electrons. The van der Waals surface area contributed by atoms with E-state index in [-0.39, 0.29) is 26.2 Å². The van der Waals surface area contributed by atoms with E-state index >= 15 is 0 Å². The maximum Gasteiger partial charge on any atom is 3.00 e. The summed E-state index contributed by atoms with van der Waals surface area (Å²) >= 11 is 0. The van der Waals surface area contributed by atoms with Gasteiger partial charge < -0.3 is 13.8 Å². The van der Waals surface area contributed by atoms with Gasteiger partial charge in [0, 0.05) is 0 Å². The minimum absolute atomic E-state index is 0. The Morgan fingerprint density at radius 1 is 0.658 bits per heavy atom. The number of hydrogen-bond acceptors (Lipinski definition) is 0. The first kappa shape index (κ1) is 30.5. The Bertz CT molecular complexity index is 1340. The third kappa shape index (κ3) is 6.40. The fraction of sp³-hybridized carbons (Fsp3) is 0.278. The van der Waals surface area contributed by atoms with Crippen LogP contribution in [0.25, 0.3) is 33.4 Å². The predicted molar refractivity (Wildman–Crippen MR) is 165 cm³/mol. The molecule has 4 aromatic rings. The first-order valence-electron chi connectivity index (χ1n) is 13.8. The molecule has 0 aliphatic heterocycles. The minimum atomic E-state index is -0.636. The van der Waals surface area contributed by atoms with E-state index in [2.05, 4.69) is 120 Å². The second kappa shape index (κ2) is 14.4. The molecule has 0 unspecified atom stereocenters. The number of hydrogen-bond donors (Lipinski definition) is 0. The molecule has 0 atom stereocenters. The quantitative estimate of drug-likeness (QED) is 0.141. The van der Waals surface area contributed by atoms with Gasteiger partial charge in [0.1, 0.15) is 0 Å². The Morgan fingerprint density at radius 2 is 1.13 bits per heavy atom. The van der Waals surface area contributed by atoms with Crippen molar-refractivity contribution < 1.29 is 26.2 Å². The van der Waals surface area contributed by atoms with Crippen molar-refractivity contribution in [2.45, 2.75) is 65.5 Å². The molecule has 0 fully saturated rings. The average Bonchev–Trinajstić information content (AvgIpc) is 3.50. The van der Waals surface area contributed by atoms with Gasteiger partial charge in [0.15, 0.2) is 0 Å². The Labute approximate surface area is 252 Å². The molecule has 4 aromatic carbocycles. The van der Waals surface area contributed by atoms with Crippen LogP contribution in [0.15, 0.2) is 72.8 Å². The zero-order valence-electron chi connectivity index (χ0n) is 23.6. The molecule has 0 spiro atoms. The number of rotatable bonds is 4. The Balaban J connectivity index is 0.000000395. The molecular formula is C36H40SiZr. The van der Waals surface area contributed by atoms with Gasteiger partial charge in [0.2, 0.25) is 0 Å². The molecule has 2 aliphatic carbocycles. The maximum absolute atomic E-state index is 3.90. The van der Waals surface area contributed by atoms with Crippen molar-refractivity contribution in [3.05, 3.63) is 115 Å². The van der Waals surface area contributed by atoms with Gasteiger partial charge >= 0.3 is 26.2 Å². The van der Waals surface area contributed by atoms with Crippen LogP contribution in [0, 0.1) is 19.9 Å². The third-order valence-electron chi connectivity index (χ3n) is 7.18. The molecular weight excluding hydrogens is 552 g/mol. The molecule has 2 heteroatoms. The van der Waals surface area contributed by atoms with Crippen LogP contribution in [0.5, 0.6) is 0 Å². The summed E-state index contributed by atoms with van der Waals surface area (Å²) in [5, 5.41) is 1.45. The van der Waals surface area contributed by atoms with Crippen LogP contribution in [0.1, 0.15) is 61.8 Å². The number of benzene rings is 4. The molecule has 0 amide bonds. The van der Waals surface area contributed by atoms with E-state index in [9.17, 15) is 0 Å². The van der Waals surface area contributed by atoms with Gasteiger partial charge in [-0.05, 0) is 35.1 Å². The second-order valence-corrected chi connectivity index (χ2v) is 12.7. The van der Waals surface area contributed by atoms with Crippen molar-refractivity contribution in [2.24, 2.45) is 0 Å². The van der Waals surface area contributed by atoms with E-state index in [0.717, 1.165) is 25.7 Å². The van der Waals surface area contributed by atoms with Crippen LogP contribution in [0.3, 0.4) is 0 Å². The monoisotopic (exact) mass is 590 g/mol. The van der Waals surface area contributed by atoms with Crippen molar-refractivity contribution in [1.82, 2.24) is 0 Å². The number of unbranched alkanes of at least 4 members (excludes halogenated alkanes) is 2. The minimum Gasteiger partial charge on any atom is -0.343 e. The standard InChI is InChI=1S/C28H22Si.2C4H9.Zr/c1-29(2)28-16-20-14-18-8-3-6-11-22(18)25(20)17-27(28)24-13-7-12-23-21-10-5-4-9-19(21)15-26(23)24;2*1-3-4-2;/h3-13,17H,14-15H2,1-2H3;2*1,3-4H2,2H3;/q3*-1;+3. The molecule has 0 N–H and O–H groups in total. The fourth-order valence-corrected chi connectivity index (χ4v) is 6.26. The SMILES string of the molecule is C[Si](C)c1[c-]c2c(cc1-c1cccc3c1Cc1ccccc1-3)-c1ccccc1C2.[CH2-]CCC.[CH2-]CCC.[Zr+3]. The summed E-state index contributed by atoms with van der Waals surface area (Å²) in [6.45, 7) is 16.2. The molecule has 2 radical (unpaired) electrons. The van der Waals surface area contributed by atoms with Crippen LogP contribution >= 0.6 is 0 Å². The zero-order chi connectivity index (χ0) is 26.4. The number of fused-ring (bicyclic) bond motifs is 6. The van der Waals surface area contributed by atoms with E-state index in [1.54, 1.807) is 0 Å². The molecule has 0 nitrogen and oxygen atoms in total. The van der Waals surface area contributed by atoms with Gasteiger partial charge in [0.05, 0.1) is 8.80 Å². The molecule has 0 saturated carbocycles. The van der Waals surface area contributed by atoms with Crippen LogP contribution in [0.2, 0.25) is 13.1 Å². The first-order valence-corrected chi connectivity index (χ1v) is 16.3. The molecule has 2 aliphatic rings. The van der Waals surface area contributed by atoms with Gasteiger partial charge in [-0.2, -0.15) is 35.7 Å². The largest absolute Gasteiger partial charge is 3.00 e. The van der Waals surface area contributed by atoms with Gasteiger partial charge in [-0.1, -0.05) is 123 Å². The summed E-state index contributed by atoms with van der Waals surface area (Å²) in [5.74, 6) is 0. The van der Waals surface area contributed by atoms with E-state index in [0.29, 0.717) is 0 Å². The van der Waals surface area contributed by atoms with Crippen LogP contribution < -0.4 is 5.19 Å². The first-order chi connectivity index (χ1) is 18.0. The van der Waals surface area contributed by atoms with E-state index in [4.69, 9.17) is 0 Å². The van der Waals surface area contributed by atoms with Crippen LogP contribution in [-0.2, 0) is 39.0 Å². The molecule has 0 bridgehead atoms.